The number of hydrogen-bond donors (Lipinski definition) is 0. The van der Waals surface area contributed by atoms with Gasteiger partial charge in [-0.1, -0.05) is 46.5 Å². The Hall–Kier alpha value is -0.530. The zero-order valence-corrected chi connectivity index (χ0v) is 16.1. The summed E-state index contributed by atoms with van der Waals surface area (Å²) >= 11 is 0. The highest BCUT2D eigenvalue weighted by atomic mass is 16.6. The first kappa shape index (κ1) is 18.8. The monoisotopic (exact) mass is 322 g/mol. The molecular formula is C21H38O2. The molecule has 0 heterocycles. The van der Waals surface area contributed by atoms with Crippen LogP contribution in [0.25, 0.3) is 0 Å². The Morgan fingerprint density at radius 2 is 1.52 bits per heavy atom. The number of carbonyl (C=O) groups is 1. The van der Waals surface area contributed by atoms with Crippen LogP contribution in [0.4, 0.5) is 0 Å². The quantitative estimate of drug-likeness (QED) is 0.550. The largest absolute Gasteiger partial charge is 0.458 e. The maximum Gasteiger partial charge on any atom is 0.312 e. The van der Waals surface area contributed by atoms with Crippen molar-refractivity contribution in [3.63, 3.8) is 0 Å². The first-order valence-corrected chi connectivity index (χ1v) is 10.1. The molecule has 2 heteroatoms. The van der Waals surface area contributed by atoms with E-state index in [0.29, 0.717) is 5.92 Å². The molecule has 0 aromatic rings. The molecule has 0 spiro atoms. The highest BCUT2D eigenvalue weighted by Crippen LogP contribution is 2.48. The van der Waals surface area contributed by atoms with Crippen LogP contribution >= 0.6 is 0 Å². The van der Waals surface area contributed by atoms with Crippen molar-refractivity contribution in [2.24, 2.45) is 23.2 Å². The Bertz CT molecular complexity index is 395. The van der Waals surface area contributed by atoms with Crippen LogP contribution in [0.5, 0.6) is 0 Å². The molecule has 0 amide bonds. The SMILES string of the molecule is CCC(C)(C)C(=O)OC(CC)(CC)C1CCC2CCCCC2C1. The second-order valence-electron chi connectivity index (χ2n) is 8.71. The van der Waals surface area contributed by atoms with Gasteiger partial charge in [0.25, 0.3) is 0 Å². The minimum absolute atomic E-state index is 0.00877. The van der Waals surface area contributed by atoms with Crippen molar-refractivity contribution in [2.75, 3.05) is 0 Å². The molecule has 134 valence electrons. The molecule has 0 N–H and O–H groups in total. The molecule has 2 fully saturated rings. The second-order valence-corrected chi connectivity index (χ2v) is 8.71. The number of fused-ring (bicyclic) bond motifs is 1. The maximum atomic E-state index is 12.7. The van der Waals surface area contributed by atoms with Gasteiger partial charge in [-0.3, -0.25) is 4.79 Å². The third kappa shape index (κ3) is 3.94. The van der Waals surface area contributed by atoms with E-state index in [1.807, 2.05) is 13.8 Å². The van der Waals surface area contributed by atoms with Crippen molar-refractivity contribution >= 4 is 5.97 Å². The number of rotatable bonds is 6. The molecule has 2 aliphatic rings. The summed E-state index contributed by atoms with van der Waals surface area (Å²) in [6.07, 6.45) is 12.3. The van der Waals surface area contributed by atoms with Gasteiger partial charge in [-0.05, 0) is 70.1 Å². The molecule has 0 saturated heterocycles. The topological polar surface area (TPSA) is 26.3 Å². The van der Waals surface area contributed by atoms with Crippen LogP contribution in [0.1, 0.15) is 98.8 Å². The predicted molar refractivity (Wildman–Crippen MR) is 96.3 cm³/mol. The first-order chi connectivity index (χ1) is 10.9. The fraction of sp³-hybridized carbons (Fsp3) is 0.952. The summed E-state index contributed by atoms with van der Waals surface area (Å²) in [5, 5.41) is 0. The van der Waals surface area contributed by atoms with E-state index in [9.17, 15) is 4.79 Å². The van der Waals surface area contributed by atoms with E-state index >= 15 is 0 Å². The van der Waals surface area contributed by atoms with E-state index < -0.39 is 0 Å². The summed E-state index contributed by atoms with van der Waals surface area (Å²) in [7, 11) is 0. The van der Waals surface area contributed by atoms with Crippen molar-refractivity contribution < 1.29 is 9.53 Å². The van der Waals surface area contributed by atoms with Crippen LogP contribution in [0, 0.1) is 23.2 Å². The molecule has 2 nitrogen and oxygen atoms in total. The Morgan fingerprint density at radius 3 is 2.09 bits per heavy atom. The number of ether oxygens (including phenoxy) is 1. The van der Waals surface area contributed by atoms with Crippen LogP contribution in [-0.4, -0.2) is 11.6 Å². The first-order valence-electron chi connectivity index (χ1n) is 10.1. The standard InChI is InChI=1S/C21H38O2/c1-6-20(4,5)19(22)23-21(7-2,8-3)18-14-13-16-11-9-10-12-17(16)15-18/h16-18H,6-15H2,1-5H3. The van der Waals surface area contributed by atoms with Gasteiger partial charge in [0.05, 0.1) is 5.41 Å². The molecule has 0 aromatic heterocycles. The summed E-state index contributed by atoms with van der Waals surface area (Å²) < 4.78 is 6.27. The molecular weight excluding hydrogens is 284 g/mol. The van der Waals surface area contributed by atoms with Crippen LogP contribution in [0.2, 0.25) is 0 Å². The van der Waals surface area contributed by atoms with Gasteiger partial charge in [0.1, 0.15) is 5.60 Å². The molecule has 2 rings (SSSR count). The minimum atomic E-state index is -0.363. The van der Waals surface area contributed by atoms with Crippen molar-refractivity contribution in [1.82, 2.24) is 0 Å². The number of carbonyl (C=O) groups excluding carboxylic acids is 1. The second kappa shape index (κ2) is 7.57. The van der Waals surface area contributed by atoms with E-state index in [1.54, 1.807) is 0 Å². The summed E-state index contributed by atoms with van der Waals surface area (Å²) in [6, 6.07) is 0. The fourth-order valence-electron chi connectivity index (χ4n) is 4.87. The fourth-order valence-corrected chi connectivity index (χ4v) is 4.87. The molecule has 23 heavy (non-hydrogen) atoms. The lowest BCUT2D eigenvalue weighted by Gasteiger charge is -2.47. The summed E-state index contributed by atoms with van der Waals surface area (Å²) in [4.78, 5) is 12.7. The average molecular weight is 323 g/mol. The van der Waals surface area contributed by atoms with Gasteiger partial charge in [0, 0.05) is 0 Å². The van der Waals surface area contributed by atoms with Crippen molar-refractivity contribution in [3.8, 4) is 0 Å². The third-order valence-electron chi connectivity index (χ3n) is 7.21. The van der Waals surface area contributed by atoms with E-state index in [0.717, 1.165) is 31.1 Å². The normalized spacial score (nSPS) is 29.0. The van der Waals surface area contributed by atoms with Gasteiger partial charge in [-0.25, -0.2) is 0 Å². The van der Waals surface area contributed by atoms with Crippen LogP contribution in [-0.2, 0) is 9.53 Å². The van der Waals surface area contributed by atoms with Gasteiger partial charge >= 0.3 is 5.97 Å². The Kier molecular flexibility index (Phi) is 6.19. The summed E-state index contributed by atoms with van der Waals surface area (Å²) in [5.74, 6) is 2.41. The van der Waals surface area contributed by atoms with Gasteiger partial charge in [0.15, 0.2) is 0 Å². The van der Waals surface area contributed by atoms with Crippen LogP contribution in [0.3, 0.4) is 0 Å². The van der Waals surface area contributed by atoms with E-state index in [4.69, 9.17) is 4.74 Å². The van der Waals surface area contributed by atoms with Gasteiger partial charge in [-0.2, -0.15) is 0 Å². The summed E-state index contributed by atoms with van der Waals surface area (Å²) in [6.45, 7) is 10.5. The molecule has 3 atom stereocenters. The number of esters is 1. The predicted octanol–water partition coefficient (Wildman–Crippen LogP) is 6.13. The van der Waals surface area contributed by atoms with Crippen molar-refractivity contribution in [1.29, 1.82) is 0 Å². The molecule has 0 aliphatic heterocycles. The lowest BCUT2D eigenvalue weighted by Crippen LogP contribution is -2.47. The minimum Gasteiger partial charge on any atom is -0.458 e. The average Bonchev–Trinajstić information content (AvgIpc) is 2.59. The highest BCUT2D eigenvalue weighted by Gasteiger charge is 2.46. The lowest BCUT2D eigenvalue weighted by atomic mass is 9.63. The molecule has 2 saturated carbocycles. The van der Waals surface area contributed by atoms with Crippen molar-refractivity contribution in [2.45, 2.75) is 104 Å². The molecule has 2 aliphatic carbocycles. The maximum absolute atomic E-state index is 12.7. The smallest absolute Gasteiger partial charge is 0.312 e. The van der Waals surface area contributed by atoms with Gasteiger partial charge in [0.2, 0.25) is 0 Å². The van der Waals surface area contributed by atoms with E-state index in [2.05, 4.69) is 20.8 Å². The molecule has 3 unspecified atom stereocenters. The Balaban J connectivity index is 2.11. The highest BCUT2D eigenvalue weighted by molar-refractivity contribution is 5.76. The van der Waals surface area contributed by atoms with Crippen LogP contribution in [0.15, 0.2) is 0 Å². The zero-order chi connectivity index (χ0) is 17.1. The Morgan fingerprint density at radius 1 is 0.913 bits per heavy atom. The van der Waals surface area contributed by atoms with Crippen LogP contribution < -0.4 is 0 Å². The third-order valence-corrected chi connectivity index (χ3v) is 7.21. The number of hydrogen-bond acceptors (Lipinski definition) is 2. The molecule has 0 radical (unpaired) electrons. The van der Waals surface area contributed by atoms with E-state index in [1.165, 1.54) is 44.9 Å². The lowest BCUT2D eigenvalue weighted by molar-refractivity contribution is -0.182. The van der Waals surface area contributed by atoms with E-state index in [-0.39, 0.29) is 17.0 Å². The van der Waals surface area contributed by atoms with Crippen molar-refractivity contribution in [3.05, 3.63) is 0 Å². The van der Waals surface area contributed by atoms with Gasteiger partial charge < -0.3 is 4.74 Å². The Labute approximate surface area is 143 Å². The summed E-state index contributed by atoms with van der Waals surface area (Å²) in [5.41, 5.74) is -0.594. The molecule has 0 aromatic carbocycles. The zero-order valence-electron chi connectivity index (χ0n) is 16.1. The van der Waals surface area contributed by atoms with Gasteiger partial charge in [-0.15, -0.1) is 0 Å². The molecule has 0 bridgehead atoms.